The van der Waals surface area contributed by atoms with Crippen molar-refractivity contribution in [1.29, 1.82) is 5.26 Å². The number of pyridine rings is 2. The van der Waals surface area contributed by atoms with E-state index in [1.807, 2.05) is 24.3 Å². The molecule has 0 aliphatic carbocycles. The molecule has 2 aromatic heterocycles. The molecule has 2 aromatic carbocycles. The second kappa shape index (κ2) is 9.71. The average molecular weight is 504 g/mol. The molecule has 0 amide bonds. The second-order valence-corrected chi connectivity index (χ2v) is 9.50. The fraction of sp³-hybridized carbons (Fsp3) is 0.222. The molecule has 5 rings (SSSR count). The van der Waals surface area contributed by atoms with E-state index in [9.17, 15) is 10.1 Å². The first-order valence-electron chi connectivity index (χ1n) is 11.4. The van der Waals surface area contributed by atoms with Crippen LogP contribution < -0.4 is 10.5 Å². The van der Waals surface area contributed by atoms with Crippen LogP contribution in [0.15, 0.2) is 71.5 Å². The molecule has 0 N–H and O–H groups in total. The number of nitriles is 1. The van der Waals surface area contributed by atoms with Crippen molar-refractivity contribution in [3.8, 4) is 6.07 Å². The van der Waals surface area contributed by atoms with Crippen molar-refractivity contribution in [3.05, 3.63) is 104 Å². The van der Waals surface area contributed by atoms with Gasteiger partial charge in [0.1, 0.15) is 17.3 Å². The molecule has 1 saturated heterocycles. The molecule has 6 nitrogen and oxygen atoms in total. The lowest BCUT2D eigenvalue weighted by molar-refractivity contribution is 0.212. The minimum absolute atomic E-state index is 0.0513. The Kier molecular flexibility index (Phi) is 6.48. The van der Waals surface area contributed by atoms with E-state index < -0.39 is 0 Å². The van der Waals surface area contributed by atoms with Crippen LogP contribution in [0.3, 0.4) is 0 Å². The van der Waals surface area contributed by atoms with Gasteiger partial charge in [0.05, 0.1) is 17.2 Å². The Morgan fingerprint density at radius 2 is 1.46 bits per heavy atom. The van der Waals surface area contributed by atoms with Crippen molar-refractivity contribution < 1.29 is 0 Å². The maximum absolute atomic E-state index is 12.7. The number of benzene rings is 2. The van der Waals surface area contributed by atoms with Gasteiger partial charge in [0.15, 0.2) is 0 Å². The van der Waals surface area contributed by atoms with E-state index in [1.165, 1.54) is 0 Å². The predicted octanol–water partition coefficient (Wildman–Crippen LogP) is 5.02. The molecule has 8 heteroatoms. The molecule has 4 aromatic rings. The topological polar surface area (TPSA) is 65.2 Å². The van der Waals surface area contributed by atoms with Crippen LogP contribution in [0.5, 0.6) is 0 Å². The summed E-state index contributed by atoms with van der Waals surface area (Å²) in [6.07, 6.45) is 0. The van der Waals surface area contributed by atoms with Crippen molar-refractivity contribution in [2.45, 2.75) is 6.04 Å². The van der Waals surface area contributed by atoms with E-state index in [4.69, 9.17) is 23.2 Å². The first kappa shape index (κ1) is 23.4. The number of aromatic nitrogens is 2. The van der Waals surface area contributed by atoms with Crippen LogP contribution in [0.1, 0.15) is 22.9 Å². The average Bonchev–Trinajstić information content (AvgIpc) is 2.89. The van der Waals surface area contributed by atoms with E-state index in [2.05, 4.69) is 45.1 Å². The number of hydrogen-bond donors (Lipinski definition) is 0. The van der Waals surface area contributed by atoms with Gasteiger partial charge in [0.2, 0.25) is 0 Å². The Balaban J connectivity index is 1.47. The summed E-state index contributed by atoms with van der Waals surface area (Å²) >= 11 is 12.3. The molecule has 35 heavy (non-hydrogen) atoms. The van der Waals surface area contributed by atoms with Gasteiger partial charge in [-0.2, -0.15) is 5.26 Å². The highest BCUT2D eigenvalue weighted by Crippen LogP contribution is 2.33. The fourth-order valence-electron chi connectivity index (χ4n) is 4.74. The van der Waals surface area contributed by atoms with Gasteiger partial charge in [0, 0.05) is 49.3 Å². The van der Waals surface area contributed by atoms with Gasteiger partial charge < -0.3 is 9.47 Å². The number of hydrogen-bond acceptors (Lipinski definition) is 5. The van der Waals surface area contributed by atoms with Crippen LogP contribution in [0, 0.1) is 11.3 Å². The van der Waals surface area contributed by atoms with Crippen LogP contribution in [-0.4, -0.2) is 40.6 Å². The van der Waals surface area contributed by atoms with Crippen LogP contribution in [0.2, 0.25) is 10.0 Å². The number of halogens is 2. The number of aryl methyl sites for hydroxylation is 1. The minimum atomic E-state index is -0.0957. The maximum atomic E-state index is 12.7. The lowest BCUT2D eigenvalue weighted by atomic mass is 9.96. The summed E-state index contributed by atoms with van der Waals surface area (Å²) in [5.41, 5.74) is 4.72. The highest BCUT2D eigenvalue weighted by molar-refractivity contribution is 6.30. The summed E-state index contributed by atoms with van der Waals surface area (Å²) in [4.78, 5) is 21.8. The summed E-state index contributed by atoms with van der Waals surface area (Å²) in [5, 5.41) is 10.8. The van der Waals surface area contributed by atoms with Gasteiger partial charge in [-0.25, -0.2) is 4.98 Å². The van der Waals surface area contributed by atoms with Crippen molar-refractivity contribution >= 4 is 39.9 Å². The molecule has 0 spiro atoms. The van der Waals surface area contributed by atoms with E-state index in [0.717, 1.165) is 43.0 Å². The first-order chi connectivity index (χ1) is 16.9. The van der Waals surface area contributed by atoms with Gasteiger partial charge in [-0.15, -0.1) is 0 Å². The van der Waals surface area contributed by atoms with Crippen LogP contribution in [0.25, 0.3) is 11.0 Å². The van der Waals surface area contributed by atoms with E-state index in [-0.39, 0.29) is 11.6 Å². The number of fused-ring (bicyclic) bond motifs is 1. The van der Waals surface area contributed by atoms with Gasteiger partial charge in [0.25, 0.3) is 5.56 Å². The van der Waals surface area contributed by atoms with Gasteiger partial charge in [-0.05, 0) is 47.5 Å². The lowest BCUT2D eigenvalue weighted by Crippen LogP contribution is -2.48. The fourth-order valence-corrected chi connectivity index (χ4v) is 4.99. The van der Waals surface area contributed by atoms with Crippen molar-refractivity contribution in [3.63, 3.8) is 0 Å². The second-order valence-electron chi connectivity index (χ2n) is 8.63. The highest BCUT2D eigenvalue weighted by atomic mass is 35.5. The van der Waals surface area contributed by atoms with E-state index >= 15 is 0 Å². The third-order valence-corrected chi connectivity index (χ3v) is 7.08. The van der Waals surface area contributed by atoms with Crippen molar-refractivity contribution in [2.75, 3.05) is 31.1 Å². The zero-order valence-corrected chi connectivity index (χ0v) is 20.7. The van der Waals surface area contributed by atoms with E-state index in [1.54, 1.807) is 29.8 Å². The number of anilines is 1. The molecule has 3 heterocycles. The predicted molar refractivity (Wildman–Crippen MR) is 140 cm³/mol. The number of rotatable bonds is 4. The summed E-state index contributed by atoms with van der Waals surface area (Å²) in [6.45, 7) is 3.01. The van der Waals surface area contributed by atoms with Crippen LogP contribution in [0.4, 0.5) is 5.69 Å². The molecule has 176 valence electrons. The van der Waals surface area contributed by atoms with E-state index in [0.29, 0.717) is 26.8 Å². The summed E-state index contributed by atoms with van der Waals surface area (Å²) < 4.78 is 1.57. The molecular weight excluding hydrogens is 481 g/mol. The molecule has 0 atom stereocenters. The van der Waals surface area contributed by atoms with Crippen LogP contribution in [-0.2, 0) is 7.05 Å². The zero-order valence-electron chi connectivity index (χ0n) is 19.2. The Morgan fingerprint density at radius 3 is 2.00 bits per heavy atom. The minimum Gasteiger partial charge on any atom is -0.367 e. The van der Waals surface area contributed by atoms with Crippen LogP contribution >= 0.6 is 23.2 Å². The Bertz CT molecular complexity index is 1420. The zero-order chi connectivity index (χ0) is 24.5. The standard InChI is InChI=1S/C27H23Cl2N5O/c1-32-23-11-10-22(17-30)31-26(23)24(16-25(32)35)33-12-14-34(15-13-33)27(18-2-6-20(28)7-3-18)19-4-8-21(29)9-5-19/h2-11,16,27H,12-15H2,1H3. The molecule has 0 bridgehead atoms. The largest absolute Gasteiger partial charge is 0.367 e. The molecule has 0 saturated carbocycles. The maximum Gasteiger partial charge on any atom is 0.252 e. The number of piperazine rings is 1. The van der Waals surface area contributed by atoms with Crippen molar-refractivity contribution in [1.82, 2.24) is 14.5 Å². The normalized spacial score (nSPS) is 14.4. The molecule has 1 aliphatic rings. The molecular formula is C27H23Cl2N5O. The number of nitrogens with zero attached hydrogens (tertiary/aromatic N) is 5. The Labute approximate surface area is 213 Å². The Morgan fingerprint density at radius 1 is 0.886 bits per heavy atom. The van der Waals surface area contributed by atoms with Crippen molar-refractivity contribution in [2.24, 2.45) is 7.05 Å². The molecule has 0 unspecified atom stereocenters. The lowest BCUT2D eigenvalue weighted by Gasteiger charge is -2.40. The summed E-state index contributed by atoms with van der Waals surface area (Å²) in [7, 11) is 1.73. The monoisotopic (exact) mass is 503 g/mol. The van der Waals surface area contributed by atoms with Gasteiger partial charge in [-0.1, -0.05) is 47.5 Å². The third-order valence-electron chi connectivity index (χ3n) is 6.57. The highest BCUT2D eigenvalue weighted by Gasteiger charge is 2.28. The quantitative estimate of drug-likeness (QED) is 0.391. The Hall–Kier alpha value is -3.37. The first-order valence-corrected chi connectivity index (χ1v) is 12.1. The smallest absolute Gasteiger partial charge is 0.252 e. The third kappa shape index (κ3) is 4.63. The summed E-state index contributed by atoms with van der Waals surface area (Å²) in [6, 6.07) is 23.1. The SMILES string of the molecule is Cn1c(=O)cc(N2CCN(C(c3ccc(Cl)cc3)c3ccc(Cl)cc3)CC2)c2nc(C#N)ccc21. The van der Waals surface area contributed by atoms with Gasteiger partial charge in [-0.3, -0.25) is 9.69 Å². The molecule has 1 fully saturated rings. The molecule has 1 aliphatic heterocycles. The summed E-state index contributed by atoms with van der Waals surface area (Å²) in [5.74, 6) is 0. The molecule has 0 radical (unpaired) electrons. The van der Waals surface area contributed by atoms with Gasteiger partial charge >= 0.3 is 0 Å².